The van der Waals surface area contributed by atoms with E-state index in [0.29, 0.717) is 17.4 Å². The molecule has 3 heterocycles. The lowest BCUT2D eigenvalue weighted by Crippen LogP contribution is -2.44. The monoisotopic (exact) mass is 446 g/mol. The highest BCUT2D eigenvalue weighted by atomic mass is 16.5. The number of nitrogens with one attached hydrogen (secondary N) is 2. The highest BCUT2D eigenvalue weighted by Crippen LogP contribution is 2.34. The Kier molecular flexibility index (Phi) is 4.98. The zero-order chi connectivity index (χ0) is 22.5. The van der Waals surface area contributed by atoms with Gasteiger partial charge in [-0.25, -0.2) is 14.3 Å². The number of benzene rings is 1. The summed E-state index contributed by atoms with van der Waals surface area (Å²) < 4.78 is 9.25. The molecular formula is C25H30N6O2. The molecule has 2 fully saturated rings. The minimum Gasteiger partial charge on any atom is -0.493 e. The Bertz CT molecular complexity index is 1370. The van der Waals surface area contributed by atoms with Gasteiger partial charge in [0.05, 0.1) is 18.1 Å². The molecule has 0 aliphatic heterocycles. The quantitative estimate of drug-likeness (QED) is 0.484. The Hall–Kier alpha value is -3.13. The highest BCUT2D eigenvalue weighted by Gasteiger charge is 2.28. The van der Waals surface area contributed by atoms with Crippen LogP contribution in [0.3, 0.4) is 0 Å². The number of pyridine rings is 1. The molecule has 0 atom stereocenters. The van der Waals surface area contributed by atoms with Crippen LogP contribution in [0.1, 0.15) is 56.6 Å². The van der Waals surface area contributed by atoms with E-state index in [-0.39, 0.29) is 11.7 Å². The van der Waals surface area contributed by atoms with Crippen molar-refractivity contribution in [1.29, 1.82) is 0 Å². The van der Waals surface area contributed by atoms with Gasteiger partial charge in [0.25, 0.3) is 0 Å². The Morgan fingerprint density at radius 2 is 1.88 bits per heavy atom. The van der Waals surface area contributed by atoms with Crippen molar-refractivity contribution in [3.8, 4) is 16.9 Å². The minimum atomic E-state index is -0.0127. The summed E-state index contributed by atoms with van der Waals surface area (Å²) in [7, 11) is 1.64. The fourth-order valence-electron chi connectivity index (χ4n) is 5.55. The van der Waals surface area contributed by atoms with Gasteiger partial charge in [0.15, 0.2) is 11.4 Å². The SMILES string of the molecule is COc1cc(-c2cc3[nH]c(=O)n([C@H]4CC[C@@H](NC5CCC5)CC4)c3cc2C)cn2ncnc12. The molecule has 2 N–H and O–H groups in total. The van der Waals surface area contributed by atoms with Crippen LogP contribution < -0.4 is 15.7 Å². The van der Waals surface area contributed by atoms with E-state index in [4.69, 9.17) is 4.74 Å². The average molecular weight is 447 g/mol. The molecule has 8 nitrogen and oxygen atoms in total. The third-order valence-electron chi connectivity index (χ3n) is 7.57. The van der Waals surface area contributed by atoms with Crippen molar-refractivity contribution < 1.29 is 4.74 Å². The van der Waals surface area contributed by atoms with Gasteiger partial charge in [-0.15, -0.1) is 0 Å². The topological polar surface area (TPSA) is 89.2 Å². The standard InChI is InChI=1S/C25H30N6O2/c1-15-10-22-21(12-20(15)16-11-23(33-2)24-26-14-27-30(24)13-16)29-25(32)31(22)19-8-6-18(7-9-19)28-17-4-3-5-17/h10-14,17-19,28H,3-9H2,1-2H3,(H,29,32)/t18-,19+. The van der Waals surface area contributed by atoms with Crippen LogP contribution in [-0.2, 0) is 0 Å². The zero-order valence-corrected chi connectivity index (χ0v) is 19.2. The maximum atomic E-state index is 13.0. The summed E-state index contributed by atoms with van der Waals surface area (Å²) in [5.74, 6) is 0.669. The summed E-state index contributed by atoms with van der Waals surface area (Å²) >= 11 is 0. The number of aryl methyl sites for hydroxylation is 1. The van der Waals surface area contributed by atoms with E-state index in [9.17, 15) is 4.79 Å². The third kappa shape index (κ3) is 3.53. The number of hydrogen-bond donors (Lipinski definition) is 2. The summed E-state index contributed by atoms with van der Waals surface area (Å²) in [6.07, 6.45) is 11.8. The summed E-state index contributed by atoms with van der Waals surface area (Å²) in [6, 6.07) is 7.76. The Balaban J connectivity index is 1.32. The predicted molar refractivity (Wildman–Crippen MR) is 128 cm³/mol. The van der Waals surface area contributed by atoms with Gasteiger partial charge in [0.2, 0.25) is 0 Å². The average Bonchev–Trinajstić information content (AvgIpc) is 3.39. The number of rotatable bonds is 5. The van der Waals surface area contributed by atoms with Crippen LogP contribution in [-0.4, -0.2) is 43.3 Å². The summed E-state index contributed by atoms with van der Waals surface area (Å²) in [4.78, 5) is 20.4. The number of ether oxygens (including phenoxy) is 1. The van der Waals surface area contributed by atoms with E-state index in [1.54, 1.807) is 11.6 Å². The van der Waals surface area contributed by atoms with Crippen LogP contribution in [0.5, 0.6) is 5.75 Å². The number of methoxy groups -OCH3 is 1. The van der Waals surface area contributed by atoms with Crippen molar-refractivity contribution in [2.75, 3.05) is 7.11 Å². The molecule has 2 aliphatic rings. The lowest BCUT2D eigenvalue weighted by atomic mass is 9.87. The maximum absolute atomic E-state index is 13.0. The van der Waals surface area contributed by atoms with Gasteiger partial charge in [0.1, 0.15) is 6.33 Å². The molecule has 3 aromatic heterocycles. The van der Waals surface area contributed by atoms with Crippen LogP contribution >= 0.6 is 0 Å². The number of aromatic amines is 1. The van der Waals surface area contributed by atoms with Crippen molar-refractivity contribution in [1.82, 2.24) is 29.5 Å². The molecule has 0 spiro atoms. The van der Waals surface area contributed by atoms with Gasteiger partial charge in [-0.3, -0.25) is 4.57 Å². The lowest BCUT2D eigenvalue weighted by Gasteiger charge is -2.35. The van der Waals surface area contributed by atoms with Gasteiger partial charge in [-0.2, -0.15) is 5.10 Å². The Labute approximate surface area is 192 Å². The molecule has 2 saturated carbocycles. The van der Waals surface area contributed by atoms with Crippen molar-refractivity contribution >= 4 is 16.7 Å². The number of fused-ring (bicyclic) bond motifs is 2. The summed E-state index contributed by atoms with van der Waals surface area (Å²) in [5.41, 5.74) is 5.65. The number of nitrogens with zero attached hydrogens (tertiary/aromatic N) is 4. The number of H-pyrrole nitrogens is 1. The smallest absolute Gasteiger partial charge is 0.326 e. The molecule has 172 valence electrons. The van der Waals surface area contributed by atoms with Gasteiger partial charge in [-0.05, 0) is 74.8 Å². The van der Waals surface area contributed by atoms with Crippen molar-refractivity contribution in [3.05, 3.63) is 46.8 Å². The van der Waals surface area contributed by atoms with Crippen LogP contribution in [0.25, 0.3) is 27.8 Å². The molecule has 2 aliphatic carbocycles. The second-order valence-electron chi connectivity index (χ2n) is 9.61. The van der Waals surface area contributed by atoms with Gasteiger partial charge >= 0.3 is 5.69 Å². The van der Waals surface area contributed by atoms with E-state index >= 15 is 0 Å². The number of imidazole rings is 1. The van der Waals surface area contributed by atoms with Crippen molar-refractivity contribution in [2.45, 2.75) is 70.0 Å². The van der Waals surface area contributed by atoms with Gasteiger partial charge in [-0.1, -0.05) is 6.42 Å². The van der Waals surface area contributed by atoms with Crippen LogP contribution in [0.2, 0.25) is 0 Å². The highest BCUT2D eigenvalue weighted by molar-refractivity contribution is 5.85. The third-order valence-corrected chi connectivity index (χ3v) is 7.57. The number of aromatic nitrogens is 5. The largest absolute Gasteiger partial charge is 0.493 e. The van der Waals surface area contributed by atoms with Gasteiger partial charge < -0.3 is 15.0 Å². The Morgan fingerprint density at radius 3 is 2.61 bits per heavy atom. The molecule has 0 radical (unpaired) electrons. The van der Waals surface area contributed by atoms with Crippen LogP contribution in [0, 0.1) is 6.92 Å². The summed E-state index contributed by atoms with van der Waals surface area (Å²) in [6.45, 7) is 2.09. The maximum Gasteiger partial charge on any atom is 0.326 e. The first-order valence-electron chi connectivity index (χ1n) is 12.0. The second-order valence-corrected chi connectivity index (χ2v) is 9.61. The molecule has 1 aromatic carbocycles. The van der Waals surface area contributed by atoms with Crippen molar-refractivity contribution in [2.24, 2.45) is 0 Å². The molecule has 4 aromatic rings. The minimum absolute atomic E-state index is 0.0127. The van der Waals surface area contributed by atoms with Crippen molar-refractivity contribution in [3.63, 3.8) is 0 Å². The first-order valence-corrected chi connectivity index (χ1v) is 12.0. The summed E-state index contributed by atoms with van der Waals surface area (Å²) in [5, 5.41) is 8.09. The fraction of sp³-hybridized carbons (Fsp3) is 0.480. The van der Waals surface area contributed by atoms with E-state index in [1.165, 1.54) is 25.6 Å². The fourth-order valence-corrected chi connectivity index (χ4v) is 5.55. The molecular weight excluding hydrogens is 416 g/mol. The lowest BCUT2D eigenvalue weighted by molar-refractivity contribution is 0.236. The van der Waals surface area contributed by atoms with E-state index in [2.05, 4.69) is 39.4 Å². The molecule has 0 amide bonds. The van der Waals surface area contributed by atoms with E-state index in [1.807, 2.05) is 16.8 Å². The Morgan fingerprint density at radius 1 is 1.09 bits per heavy atom. The van der Waals surface area contributed by atoms with Gasteiger partial charge in [0, 0.05) is 29.9 Å². The van der Waals surface area contributed by atoms with E-state index < -0.39 is 0 Å². The second kappa shape index (κ2) is 8.02. The molecule has 6 rings (SSSR count). The molecule has 0 unspecified atom stereocenters. The molecule has 0 saturated heterocycles. The first-order chi connectivity index (χ1) is 16.1. The molecule has 0 bridgehead atoms. The predicted octanol–water partition coefficient (Wildman–Crippen LogP) is 3.98. The molecule has 8 heteroatoms. The number of hydrogen-bond acceptors (Lipinski definition) is 5. The van der Waals surface area contributed by atoms with Crippen LogP contribution in [0.4, 0.5) is 0 Å². The zero-order valence-electron chi connectivity index (χ0n) is 19.2. The molecule has 33 heavy (non-hydrogen) atoms. The van der Waals surface area contributed by atoms with Crippen LogP contribution in [0.15, 0.2) is 35.5 Å². The van der Waals surface area contributed by atoms with E-state index in [0.717, 1.165) is 59.4 Å². The normalized spacial score (nSPS) is 21.5. The first kappa shape index (κ1) is 20.5.